The topological polar surface area (TPSA) is 85.2 Å². The van der Waals surface area contributed by atoms with Crippen molar-refractivity contribution in [2.75, 3.05) is 24.5 Å². The average molecular weight is 455 g/mol. The molecule has 1 aromatic carbocycles. The lowest BCUT2D eigenvalue weighted by atomic mass is 9.97. The summed E-state index contributed by atoms with van der Waals surface area (Å²) in [6, 6.07) is 7.94. The van der Waals surface area contributed by atoms with E-state index >= 15 is 0 Å². The number of aromatic nitrogens is 4. The number of alkyl carbamates (subject to hydrolysis) is 1. The van der Waals surface area contributed by atoms with Gasteiger partial charge in [-0.15, -0.1) is 12.6 Å². The number of hydrogen-bond acceptors (Lipinski definition) is 7. The normalized spacial score (nSPS) is 15.2. The number of carbonyl (C=O) groups excluding carboxylic acids is 1. The van der Waals surface area contributed by atoms with Crippen LogP contribution in [0.2, 0.25) is 0 Å². The third kappa shape index (κ3) is 5.15. The molecule has 4 rings (SSSR count). The number of amides is 1. The van der Waals surface area contributed by atoms with Crippen molar-refractivity contribution in [3.8, 4) is 11.3 Å². The second-order valence-electron chi connectivity index (χ2n) is 9.26. The number of imidazole rings is 1. The minimum Gasteiger partial charge on any atom is -0.444 e. The molecule has 0 bridgehead atoms. The van der Waals surface area contributed by atoms with Crippen molar-refractivity contribution in [1.29, 1.82) is 0 Å². The Balaban J connectivity index is 1.47. The molecule has 2 aromatic heterocycles. The lowest BCUT2D eigenvalue weighted by Gasteiger charge is -2.32. The predicted octanol–water partition coefficient (Wildman–Crippen LogP) is 4.06. The molecule has 1 aliphatic rings. The van der Waals surface area contributed by atoms with Crippen LogP contribution in [0.15, 0.2) is 35.5 Å². The molecule has 0 radical (unpaired) electrons. The third-order valence-corrected chi connectivity index (χ3v) is 5.82. The molecule has 0 saturated carbocycles. The molecule has 0 aliphatic carbocycles. The molecule has 0 spiro atoms. The predicted molar refractivity (Wildman–Crippen MR) is 128 cm³/mol. The van der Waals surface area contributed by atoms with Crippen molar-refractivity contribution in [3.63, 3.8) is 0 Å². The van der Waals surface area contributed by atoms with Gasteiger partial charge >= 0.3 is 6.09 Å². The zero-order valence-corrected chi connectivity index (χ0v) is 19.9. The SMILES string of the molecule is Cn1cnc2c(-c3ccc(S)cc3)nc(N3CCC(CNC(=O)OC(C)(C)C)CC3)nc21. The van der Waals surface area contributed by atoms with Gasteiger partial charge in [-0.05, 0) is 51.7 Å². The number of thiol groups is 1. The van der Waals surface area contributed by atoms with E-state index in [0.29, 0.717) is 18.4 Å². The van der Waals surface area contributed by atoms with Crippen LogP contribution in [0.1, 0.15) is 33.6 Å². The Morgan fingerprint density at radius 1 is 1.19 bits per heavy atom. The summed E-state index contributed by atoms with van der Waals surface area (Å²) in [5.41, 5.74) is 2.94. The summed E-state index contributed by atoms with van der Waals surface area (Å²) < 4.78 is 7.26. The van der Waals surface area contributed by atoms with Crippen LogP contribution in [0.5, 0.6) is 0 Å². The molecular weight excluding hydrogens is 424 g/mol. The summed E-state index contributed by atoms with van der Waals surface area (Å²) in [7, 11) is 1.95. The molecule has 1 N–H and O–H groups in total. The number of aryl methyl sites for hydroxylation is 1. The van der Waals surface area contributed by atoms with E-state index in [2.05, 4.69) is 27.8 Å². The Morgan fingerprint density at radius 2 is 1.88 bits per heavy atom. The van der Waals surface area contributed by atoms with Gasteiger partial charge in [-0.3, -0.25) is 0 Å². The fraction of sp³-hybridized carbons (Fsp3) is 0.478. The summed E-state index contributed by atoms with van der Waals surface area (Å²) in [6.07, 6.45) is 3.31. The number of anilines is 1. The van der Waals surface area contributed by atoms with Crippen molar-refractivity contribution < 1.29 is 9.53 Å². The monoisotopic (exact) mass is 454 g/mol. The molecule has 1 fully saturated rings. The smallest absolute Gasteiger partial charge is 0.407 e. The first-order valence-electron chi connectivity index (χ1n) is 10.9. The van der Waals surface area contributed by atoms with Crippen molar-refractivity contribution >= 4 is 35.8 Å². The van der Waals surface area contributed by atoms with Crippen molar-refractivity contribution in [2.45, 2.75) is 44.1 Å². The first-order chi connectivity index (χ1) is 15.2. The number of rotatable bonds is 4. The zero-order chi connectivity index (χ0) is 22.9. The number of carbonyl (C=O) groups is 1. The van der Waals surface area contributed by atoms with Gasteiger partial charge in [-0.2, -0.15) is 4.98 Å². The van der Waals surface area contributed by atoms with Gasteiger partial charge in [0.1, 0.15) is 16.8 Å². The molecule has 0 atom stereocenters. The van der Waals surface area contributed by atoms with Crippen LogP contribution in [-0.4, -0.2) is 50.8 Å². The third-order valence-electron chi connectivity index (χ3n) is 5.52. The number of nitrogens with zero attached hydrogens (tertiary/aromatic N) is 5. The average Bonchev–Trinajstić information content (AvgIpc) is 3.12. The van der Waals surface area contributed by atoms with Gasteiger partial charge in [-0.1, -0.05) is 12.1 Å². The number of ether oxygens (including phenoxy) is 1. The molecule has 1 aliphatic heterocycles. The first-order valence-corrected chi connectivity index (χ1v) is 11.3. The maximum Gasteiger partial charge on any atom is 0.407 e. The Hall–Kier alpha value is -2.81. The lowest BCUT2D eigenvalue weighted by molar-refractivity contribution is 0.0516. The van der Waals surface area contributed by atoms with E-state index < -0.39 is 5.60 Å². The molecule has 8 nitrogen and oxygen atoms in total. The molecule has 32 heavy (non-hydrogen) atoms. The summed E-state index contributed by atoms with van der Waals surface area (Å²) >= 11 is 4.39. The number of fused-ring (bicyclic) bond motifs is 1. The van der Waals surface area contributed by atoms with E-state index in [1.165, 1.54) is 0 Å². The summed E-state index contributed by atoms with van der Waals surface area (Å²) in [5.74, 6) is 1.12. The van der Waals surface area contributed by atoms with E-state index in [-0.39, 0.29) is 6.09 Å². The molecule has 0 unspecified atom stereocenters. The Morgan fingerprint density at radius 3 is 2.53 bits per heavy atom. The summed E-state index contributed by atoms with van der Waals surface area (Å²) in [4.78, 5) is 29.3. The molecule has 1 amide bonds. The number of benzene rings is 1. The van der Waals surface area contributed by atoms with Gasteiger partial charge in [-0.25, -0.2) is 14.8 Å². The van der Waals surface area contributed by atoms with Crippen LogP contribution in [-0.2, 0) is 11.8 Å². The van der Waals surface area contributed by atoms with Gasteiger partial charge in [0.25, 0.3) is 0 Å². The molecule has 1 saturated heterocycles. The highest BCUT2D eigenvalue weighted by Crippen LogP contribution is 2.29. The minimum absolute atomic E-state index is 0.359. The van der Waals surface area contributed by atoms with E-state index in [4.69, 9.17) is 14.7 Å². The van der Waals surface area contributed by atoms with Crippen LogP contribution in [0.4, 0.5) is 10.7 Å². The fourth-order valence-electron chi connectivity index (χ4n) is 3.84. The second-order valence-corrected chi connectivity index (χ2v) is 9.78. The number of piperidine rings is 1. The Bertz CT molecular complexity index is 1100. The van der Waals surface area contributed by atoms with Crippen LogP contribution in [0.25, 0.3) is 22.4 Å². The zero-order valence-electron chi connectivity index (χ0n) is 19.0. The van der Waals surface area contributed by atoms with Crippen molar-refractivity contribution in [2.24, 2.45) is 13.0 Å². The number of hydrogen-bond donors (Lipinski definition) is 2. The first kappa shape index (κ1) is 22.4. The summed E-state index contributed by atoms with van der Waals surface area (Å²) in [5, 5.41) is 2.90. The number of nitrogens with one attached hydrogen (secondary N) is 1. The van der Waals surface area contributed by atoms with E-state index in [1.807, 2.05) is 56.7 Å². The highest BCUT2D eigenvalue weighted by molar-refractivity contribution is 7.80. The molecule has 9 heteroatoms. The molecule has 3 heterocycles. The van der Waals surface area contributed by atoms with Gasteiger partial charge < -0.3 is 19.5 Å². The summed E-state index contributed by atoms with van der Waals surface area (Å²) in [6.45, 7) is 7.88. The lowest BCUT2D eigenvalue weighted by Crippen LogP contribution is -2.40. The standard InChI is InChI=1S/C23H30N6O2S/c1-23(2,3)31-22(30)24-13-15-9-11-29(12-10-15)21-26-18(16-5-7-17(32)8-6-16)19-20(27-21)28(4)14-25-19/h5-8,14-15,32H,9-13H2,1-4H3,(H,24,30). The highest BCUT2D eigenvalue weighted by Gasteiger charge is 2.24. The van der Waals surface area contributed by atoms with E-state index in [1.54, 1.807) is 6.33 Å². The van der Waals surface area contributed by atoms with Crippen LogP contribution in [0, 0.1) is 5.92 Å². The highest BCUT2D eigenvalue weighted by atomic mass is 32.1. The van der Waals surface area contributed by atoms with Gasteiger partial charge in [0.05, 0.1) is 6.33 Å². The van der Waals surface area contributed by atoms with Gasteiger partial charge in [0, 0.05) is 37.1 Å². The van der Waals surface area contributed by atoms with Crippen molar-refractivity contribution in [3.05, 3.63) is 30.6 Å². The molecule has 170 valence electrons. The maximum absolute atomic E-state index is 11.9. The second kappa shape index (κ2) is 8.97. The van der Waals surface area contributed by atoms with E-state index in [9.17, 15) is 4.79 Å². The maximum atomic E-state index is 11.9. The quantitative estimate of drug-likeness (QED) is 0.579. The van der Waals surface area contributed by atoms with E-state index in [0.717, 1.165) is 53.2 Å². The Labute approximate surface area is 193 Å². The van der Waals surface area contributed by atoms with Crippen LogP contribution in [0.3, 0.4) is 0 Å². The Kier molecular flexibility index (Phi) is 6.28. The van der Waals surface area contributed by atoms with Crippen LogP contribution >= 0.6 is 12.6 Å². The van der Waals surface area contributed by atoms with Crippen molar-refractivity contribution in [1.82, 2.24) is 24.8 Å². The molecule has 3 aromatic rings. The largest absolute Gasteiger partial charge is 0.444 e. The molecular formula is C23H30N6O2S. The fourth-order valence-corrected chi connectivity index (χ4v) is 3.99. The van der Waals surface area contributed by atoms with Gasteiger partial charge in [0.15, 0.2) is 5.65 Å². The van der Waals surface area contributed by atoms with Crippen LogP contribution < -0.4 is 10.2 Å². The minimum atomic E-state index is -0.486. The van der Waals surface area contributed by atoms with Gasteiger partial charge in [0.2, 0.25) is 5.95 Å².